The lowest BCUT2D eigenvalue weighted by Crippen LogP contribution is -2.67. The molecule has 3 nitrogen and oxygen atoms in total. The summed E-state index contributed by atoms with van der Waals surface area (Å²) in [6.45, 7) is 9.04. The molecule has 0 radical (unpaired) electrons. The molecule has 0 aliphatic heterocycles. The monoisotopic (exact) mass is 316 g/mol. The molecule has 1 aromatic rings. The second-order valence-corrected chi connectivity index (χ2v) is 8.72. The van der Waals surface area contributed by atoms with Crippen LogP contribution in [0, 0.1) is 22.7 Å². The van der Waals surface area contributed by atoms with E-state index >= 15 is 0 Å². The van der Waals surface area contributed by atoms with Gasteiger partial charge in [0.1, 0.15) is 0 Å². The highest BCUT2D eigenvalue weighted by Crippen LogP contribution is 2.70. The Morgan fingerprint density at radius 2 is 1.87 bits per heavy atom. The van der Waals surface area contributed by atoms with Gasteiger partial charge in [-0.1, -0.05) is 39.8 Å². The first-order valence-corrected chi connectivity index (χ1v) is 8.55. The van der Waals surface area contributed by atoms with Gasteiger partial charge < -0.3 is 9.84 Å². The number of esters is 1. The van der Waals surface area contributed by atoms with E-state index < -0.39 is 5.60 Å². The van der Waals surface area contributed by atoms with Gasteiger partial charge in [-0.05, 0) is 54.2 Å². The maximum Gasteiger partial charge on any atom is 0.337 e. The summed E-state index contributed by atoms with van der Waals surface area (Å²) in [5.74, 6) is 0.482. The van der Waals surface area contributed by atoms with Gasteiger partial charge in [0.25, 0.3) is 0 Å². The summed E-state index contributed by atoms with van der Waals surface area (Å²) in [6.07, 6.45) is 3.33. The van der Waals surface area contributed by atoms with E-state index in [0.29, 0.717) is 17.4 Å². The molecular formula is C20H28O3. The molecule has 126 valence electrons. The molecule has 0 spiro atoms. The van der Waals surface area contributed by atoms with Crippen molar-refractivity contribution in [3.05, 3.63) is 35.4 Å². The first kappa shape index (κ1) is 16.5. The Morgan fingerprint density at radius 1 is 1.26 bits per heavy atom. The van der Waals surface area contributed by atoms with Crippen LogP contribution < -0.4 is 0 Å². The summed E-state index contributed by atoms with van der Waals surface area (Å²) in [6, 6.07) is 7.34. The summed E-state index contributed by atoms with van der Waals surface area (Å²) < 4.78 is 4.76. The number of hydrogen-bond acceptors (Lipinski definition) is 3. The fourth-order valence-corrected chi connectivity index (χ4v) is 5.08. The van der Waals surface area contributed by atoms with Gasteiger partial charge in [0.05, 0.1) is 18.3 Å². The van der Waals surface area contributed by atoms with Gasteiger partial charge in [0.15, 0.2) is 0 Å². The van der Waals surface area contributed by atoms with E-state index in [1.165, 1.54) is 13.5 Å². The van der Waals surface area contributed by atoms with E-state index in [0.717, 1.165) is 18.4 Å². The lowest BCUT2D eigenvalue weighted by molar-refractivity contribution is -0.277. The number of hydrogen-bond donors (Lipinski definition) is 1. The minimum absolute atomic E-state index is 0.0494. The van der Waals surface area contributed by atoms with E-state index in [1.54, 1.807) is 12.1 Å². The summed E-state index contributed by atoms with van der Waals surface area (Å²) in [5, 5.41) is 11.6. The smallest absolute Gasteiger partial charge is 0.337 e. The molecule has 2 saturated carbocycles. The Morgan fingerprint density at radius 3 is 2.35 bits per heavy atom. The largest absolute Gasteiger partial charge is 0.465 e. The van der Waals surface area contributed by atoms with Gasteiger partial charge in [-0.3, -0.25) is 0 Å². The fourth-order valence-electron chi connectivity index (χ4n) is 5.08. The van der Waals surface area contributed by atoms with Crippen LogP contribution in [0.4, 0.5) is 0 Å². The first-order chi connectivity index (χ1) is 10.6. The molecule has 4 atom stereocenters. The zero-order valence-electron chi connectivity index (χ0n) is 14.8. The lowest BCUT2D eigenvalue weighted by atomic mass is 9.38. The van der Waals surface area contributed by atoms with Crippen molar-refractivity contribution in [2.75, 3.05) is 7.11 Å². The first-order valence-electron chi connectivity index (χ1n) is 8.55. The number of methoxy groups -OCH3 is 1. The van der Waals surface area contributed by atoms with Crippen molar-refractivity contribution in [3.63, 3.8) is 0 Å². The van der Waals surface area contributed by atoms with Crippen LogP contribution in [0.25, 0.3) is 0 Å². The van der Waals surface area contributed by atoms with Crippen LogP contribution in [0.15, 0.2) is 24.3 Å². The molecule has 2 bridgehead atoms. The van der Waals surface area contributed by atoms with E-state index in [4.69, 9.17) is 4.74 Å². The molecule has 1 aromatic carbocycles. The van der Waals surface area contributed by atoms with E-state index in [9.17, 15) is 9.90 Å². The average Bonchev–Trinajstić information content (AvgIpc) is 2.52. The second kappa shape index (κ2) is 5.07. The Bertz CT molecular complexity index is 609. The van der Waals surface area contributed by atoms with Crippen LogP contribution >= 0.6 is 0 Å². The molecule has 0 saturated heterocycles. The minimum atomic E-state index is -0.780. The normalized spacial score (nSPS) is 36.3. The molecule has 3 heteroatoms. The number of rotatable bonds is 2. The van der Waals surface area contributed by atoms with Crippen LogP contribution in [0.2, 0.25) is 0 Å². The Labute approximate surface area is 139 Å². The molecule has 0 aromatic heterocycles. The fraction of sp³-hybridized carbons (Fsp3) is 0.650. The third kappa shape index (κ3) is 2.24. The number of fused-ring (bicyclic) bond motifs is 2. The van der Waals surface area contributed by atoms with Gasteiger partial charge in [-0.25, -0.2) is 4.79 Å². The molecule has 0 unspecified atom stereocenters. The third-order valence-corrected chi connectivity index (χ3v) is 6.48. The van der Waals surface area contributed by atoms with Crippen molar-refractivity contribution in [2.45, 2.75) is 52.6 Å². The zero-order valence-corrected chi connectivity index (χ0v) is 14.8. The molecule has 2 aliphatic rings. The predicted octanol–water partition coefficient (Wildman–Crippen LogP) is 4.14. The summed E-state index contributed by atoms with van der Waals surface area (Å²) in [7, 11) is 1.38. The van der Waals surface area contributed by atoms with Crippen LogP contribution in [0.1, 0.15) is 62.9 Å². The van der Waals surface area contributed by atoms with E-state index in [1.807, 2.05) is 12.1 Å². The third-order valence-electron chi connectivity index (χ3n) is 6.48. The molecule has 1 N–H and O–H groups in total. The number of benzene rings is 1. The Balaban J connectivity index is 1.95. The molecule has 2 aliphatic carbocycles. The molecule has 3 rings (SSSR count). The quantitative estimate of drug-likeness (QED) is 0.834. The van der Waals surface area contributed by atoms with Crippen molar-refractivity contribution < 1.29 is 14.6 Å². The van der Waals surface area contributed by atoms with Gasteiger partial charge in [0.2, 0.25) is 0 Å². The maximum atomic E-state index is 11.6. The molecule has 0 amide bonds. The molecule has 2 fully saturated rings. The summed E-state index contributed by atoms with van der Waals surface area (Å²) in [4.78, 5) is 11.6. The van der Waals surface area contributed by atoms with Crippen LogP contribution in [-0.4, -0.2) is 18.2 Å². The highest BCUT2D eigenvalue weighted by Gasteiger charge is 2.68. The maximum absolute atomic E-state index is 11.6. The zero-order chi connectivity index (χ0) is 17.0. The number of carbonyl (C=O) groups is 1. The van der Waals surface area contributed by atoms with Crippen molar-refractivity contribution in [3.8, 4) is 0 Å². The number of ether oxygens (including phenoxy) is 1. The van der Waals surface area contributed by atoms with Gasteiger partial charge in [-0.15, -0.1) is 0 Å². The molecule has 23 heavy (non-hydrogen) atoms. The van der Waals surface area contributed by atoms with Crippen LogP contribution in [0.3, 0.4) is 0 Å². The predicted molar refractivity (Wildman–Crippen MR) is 90.1 cm³/mol. The van der Waals surface area contributed by atoms with E-state index in [-0.39, 0.29) is 16.8 Å². The Hall–Kier alpha value is -1.35. The topological polar surface area (TPSA) is 46.5 Å². The van der Waals surface area contributed by atoms with E-state index in [2.05, 4.69) is 27.7 Å². The average molecular weight is 316 g/mol. The summed E-state index contributed by atoms with van der Waals surface area (Å²) in [5.41, 5.74) is 0.843. The van der Waals surface area contributed by atoms with Crippen LogP contribution in [0.5, 0.6) is 0 Å². The highest BCUT2D eigenvalue weighted by molar-refractivity contribution is 5.89. The standard InChI is InChI=1S/C20H28O3/c1-18(2,3)15-10-11-19(4)12-16(15)20(19,22)14-8-6-13(7-9-14)17(21)23-5/h6-9,15-16,22H,10-12H2,1-5H3/t15-,16+,19+,20+/m1/s1. The molecular weight excluding hydrogens is 288 g/mol. The SMILES string of the molecule is COC(=O)c1ccc([C@]2(O)[C@H]3C[C@]2(C)CC[C@H]3C(C)(C)C)cc1. The van der Waals surface area contributed by atoms with Crippen molar-refractivity contribution in [1.29, 1.82) is 0 Å². The van der Waals surface area contributed by atoms with Crippen molar-refractivity contribution >= 4 is 5.97 Å². The Kier molecular flexibility index (Phi) is 3.64. The van der Waals surface area contributed by atoms with Crippen molar-refractivity contribution in [1.82, 2.24) is 0 Å². The summed E-state index contributed by atoms with van der Waals surface area (Å²) >= 11 is 0. The number of aliphatic hydroxyl groups is 1. The second-order valence-electron chi connectivity index (χ2n) is 8.72. The van der Waals surface area contributed by atoms with Gasteiger partial charge in [-0.2, -0.15) is 0 Å². The number of carbonyl (C=O) groups excluding carboxylic acids is 1. The highest BCUT2D eigenvalue weighted by atomic mass is 16.5. The lowest BCUT2D eigenvalue weighted by Gasteiger charge is -2.68. The minimum Gasteiger partial charge on any atom is -0.465 e. The van der Waals surface area contributed by atoms with Crippen LogP contribution in [-0.2, 0) is 10.3 Å². The van der Waals surface area contributed by atoms with Gasteiger partial charge >= 0.3 is 5.97 Å². The van der Waals surface area contributed by atoms with Crippen molar-refractivity contribution in [2.24, 2.45) is 22.7 Å². The van der Waals surface area contributed by atoms with Gasteiger partial charge in [0, 0.05) is 5.41 Å². The molecule has 0 heterocycles.